The minimum Gasteiger partial charge on any atom is -0.475 e. The van der Waals surface area contributed by atoms with Crippen LogP contribution in [-0.2, 0) is 4.74 Å². The molecule has 28 heavy (non-hydrogen) atoms. The van der Waals surface area contributed by atoms with Crippen molar-refractivity contribution < 1.29 is 24.2 Å². The molecular weight excluding hydrogens is 362 g/mol. The molecule has 1 aliphatic heterocycles. The van der Waals surface area contributed by atoms with Crippen molar-refractivity contribution in [3.8, 4) is 5.88 Å². The third kappa shape index (κ3) is 6.37. The summed E-state index contributed by atoms with van der Waals surface area (Å²) in [5, 5.41) is 13.0. The molecule has 0 aromatic carbocycles. The van der Waals surface area contributed by atoms with E-state index in [4.69, 9.17) is 9.47 Å². The highest BCUT2D eigenvalue weighted by Gasteiger charge is 2.36. The van der Waals surface area contributed by atoms with E-state index < -0.39 is 17.8 Å². The van der Waals surface area contributed by atoms with Crippen molar-refractivity contribution >= 4 is 12.0 Å². The molecule has 1 aromatic heterocycles. The average Bonchev–Trinajstić information content (AvgIpc) is 2.99. The number of carbonyl (C=O) groups excluding carboxylic acids is 2. The standard InChI is InChI=1S/C20H31N3O5/c1-6-13(2)27-17-9-14(7-8-21-17)18(25)22-10-15-11-23(12-16(15)24)19(26)28-20(3,4)5/h7-9,13,15-16,24H,6,10-12H2,1-5H3,(H,22,25)/t13-,15+,16-/m0/s1. The van der Waals surface area contributed by atoms with Crippen molar-refractivity contribution in [1.82, 2.24) is 15.2 Å². The Kier molecular flexibility index (Phi) is 7.23. The summed E-state index contributed by atoms with van der Waals surface area (Å²) >= 11 is 0. The molecule has 2 amide bonds. The van der Waals surface area contributed by atoms with Crippen molar-refractivity contribution in [3.63, 3.8) is 0 Å². The van der Waals surface area contributed by atoms with Crippen LogP contribution in [0, 0.1) is 5.92 Å². The highest BCUT2D eigenvalue weighted by molar-refractivity contribution is 5.94. The summed E-state index contributed by atoms with van der Waals surface area (Å²) in [5.74, 6) is -0.132. The lowest BCUT2D eigenvalue weighted by atomic mass is 10.1. The Bertz CT molecular complexity index is 689. The Hall–Kier alpha value is -2.35. The fourth-order valence-electron chi connectivity index (χ4n) is 2.76. The molecule has 0 saturated carbocycles. The molecule has 1 aromatic rings. The molecule has 2 N–H and O–H groups in total. The number of nitrogens with zero attached hydrogens (tertiary/aromatic N) is 2. The van der Waals surface area contributed by atoms with E-state index in [2.05, 4.69) is 10.3 Å². The van der Waals surface area contributed by atoms with Gasteiger partial charge in [0.1, 0.15) is 5.60 Å². The molecule has 0 aliphatic carbocycles. The third-order valence-corrected chi connectivity index (χ3v) is 4.48. The van der Waals surface area contributed by atoms with E-state index in [1.165, 1.54) is 11.1 Å². The number of aliphatic hydroxyl groups is 1. The number of aromatic nitrogens is 1. The maximum atomic E-state index is 12.4. The Balaban J connectivity index is 1.89. The van der Waals surface area contributed by atoms with Crippen molar-refractivity contribution in [3.05, 3.63) is 23.9 Å². The predicted octanol–water partition coefficient (Wildman–Crippen LogP) is 2.22. The SMILES string of the molecule is CC[C@H](C)Oc1cc(C(=O)NC[C@@H]2CN(C(=O)OC(C)(C)C)C[C@@H]2O)ccn1. The van der Waals surface area contributed by atoms with Gasteiger partial charge in [-0.3, -0.25) is 4.79 Å². The van der Waals surface area contributed by atoms with Crippen LogP contribution in [0.5, 0.6) is 5.88 Å². The van der Waals surface area contributed by atoms with E-state index in [1.54, 1.807) is 32.9 Å². The van der Waals surface area contributed by atoms with Crippen LogP contribution in [0.15, 0.2) is 18.3 Å². The number of hydrogen-bond acceptors (Lipinski definition) is 6. The van der Waals surface area contributed by atoms with Gasteiger partial charge >= 0.3 is 6.09 Å². The zero-order chi connectivity index (χ0) is 20.9. The summed E-state index contributed by atoms with van der Waals surface area (Å²) < 4.78 is 11.0. The van der Waals surface area contributed by atoms with E-state index in [9.17, 15) is 14.7 Å². The monoisotopic (exact) mass is 393 g/mol. The van der Waals surface area contributed by atoms with Gasteiger partial charge in [0.05, 0.1) is 18.8 Å². The first-order valence-corrected chi connectivity index (χ1v) is 9.66. The molecule has 8 heteroatoms. The van der Waals surface area contributed by atoms with Crippen molar-refractivity contribution in [1.29, 1.82) is 0 Å². The second-order valence-corrected chi connectivity index (χ2v) is 8.14. The van der Waals surface area contributed by atoms with Gasteiger partial charge in [0.2, 0.25) is 5.88 Å². The maximum absolute atomic E-state index is 12.4. The van der Waals surface area contributed by atoms with Crippen LogP contribution in [0.2, 0.25) is 0 Å². The van der Waals surface area contributed by atoms with E-state index in [1.807, 2.05) is 13.8 Å². The molecule has 0 unspecified atom stereocenters. The fraction of sp³-hybridized carbons (Fsp3) is 0.650. The summed E-state index contributed by atoms with van der Waals surface area (Å²) in [6.45, 7) is 10.1. The largest absolute Gasteiger partial charge is 0.475 e. The summed E-state index contributed by atoms with van der Waals surface area (Å²) in [4.78, 5) is 30.2. The van der Waals surface area contributed by atoms with E-state index in [-0.39, 0.29) is 31.0 Å². The Morgan fingerprint density at radius 3 is 2.75 bits per heavy atom. The summed E-state index contributed by atoms with van der Waals surface area (Å²) in [6.07, 6.45) is 1.21. The topological polar surface area (TPSA) is 101 Å². The van der Waals surface area contributed by atoms with Crippen LogP contribution in [0.3, 0.4) is 0 Å². The summed E-state index contributed by atoms with van der Waals surface area (Å²) in [7, 11) is 0. The number of ether oxygens (including phenoxy) is 2. The molecule has 3 atom stereocenters. The smallest absolute Gasteiger partial charge is 0.410 e. The second-order valence-electron chi connectivity index (χ2n) is 8.14. The highest BCUT2D eigenvalue weighted by Crippen LogP contribution is 2.20. The van der Waals surface area contributed by atoms with Crippen molar-refractivity contribution in [2.45, 2.75) is 58.8 Å². The summed E-state index contributed by atoms with van der Waals surface area (Å²) in [6, 6.07) is 3.20. The lowest BCUT2D eigenvalue weighted by Gasteiger charge is -2.24. The van der Waals surface area contributed by atoms with Crippen molar-refractivity contribution in [2.75, 3.05) is 19.6 Å². The number of hydrogen-bond donors (Lipinski definition) is 2. The van der Waals surface area contributed by atoms with Gasteiger partial charge in [-0.25, -0.2) is 9.78 Å². The quantitative estimate of drug-likeness (QED) is 0.769. The van der Waals surface area contributed by atoms with Gasteiger partial charge < -0.3 is 24.8 Å². The van der Waals surface area contributed by atoms with E-state index >= 15 is 0 Å². The second kappa shape index (κ2) is 9.23. The number of rotatable bonds is 6. The fourth-order valence-corrected chi connectivity index (χ4v) is 2.76. The zero-order valence-corrected chi connectivity index (χ0v) is 17.3. The Labute approximate surface area is 166 Å². The number of aliphatic hydroxyl groups excluding tert-OH is 1. The van der Waals surface area contributed by atoms with Gasteiger partial charge in [0.25, 0.3) is 5.91 Å². The van der Waals surface area contributed by atoms with Crippen LogP contribution in [0.1, 0.15) is 51.4 Å². The van der Waals surface area contributed by atoms with Gasteiger partial charge in [-0.1, -0.05) is 6.92 Å². The minimum atomic E-state index is -0.713. The van der Waals surface area contributed by atoms with E-state index in [0.717, 1.165) is 6.42 Å². The molecule has 8 nitrogen and oxygen atoms in total. The zero-order valence-electron chi connectivity index (χ0n) is 17.3. The lowest BCUT2D eigenvalue weighted by molar-refractivity contribution is 0.0269. The predicted molar refractivity (Wildman–Crippen MR) is 104 cm³/mol. The van der Waals surface area contributed by atoms with E-state index in [0.29, 0.717) is 18.0 Å². The molecule has 2 heterocycles. The molecule has 1 saturated heterocycles. The Morgan fingerprint density at radius 2 is 2.11 bits per heavy atom. The highest BCUT2D eigenvalue weighted by atomic mass is 16.6. The van der Waals surface area contributed by atoms with Crippen LogP contribution in [0.25, 0.3) is 0 Å². The maximum Gasteiger partial charge on any atom is 0.410 e. The number of amides is 2. The van der Waals surface area contributed by atoms with Crippen LogP contribution < -0.4 is 10.1 Å². The number of carbonyl (C=O) groups is 2. The molecule has 1 fully saturated rings. The number of β-amino-alcohol motifs (C(OH)–C–C–N with tert-alkyl or cyclic N) is 1. The first kappa shape index (κ1) is 21.9. The normalized spacial score (nSPS) is 20.6. The molecule has 2 rings (SSSR count). The molecular formula is C20H31N3O5. The van der Waals surface area contributed by atoms with Gasteiger partial charge in [0.15, 0.2) is 0 Å². The van der Waals surface area contributed by atoms with Gasteiger partial charge in [-0.2, -0.15) is 0 Å². The van der Waals surface area contributed by atoms with Gasteiger partial charge in [0, 0.05) is 36.8 Å². The average molecular weight is 393 g/mol. The minimum absolute atomic E-state index is 0.0123. The van der Waals surface area contributed by atoms with Gasteiger partial charge in [-0.15, -0.1) is 0 Å². The molecule has 0 spiro atoms. The third-order valence-electron chi connectivity index (χ3n) is 4.48. The van der Waals surface area contributed by atoms with Gasteiger partial charge in [-0.05, 0) is 40.2 Å². The van der Waals surface area contributed by atoms with Crippen LogP contribution in [0.4, 0.5) is 4.79 Å². The first-order chi connectivity index (χ1) is 13.1. The molecule has 0 radical (unpaired) electrons. The summed E-state index contributed by atoms with van der Waals surface area (Å²) in [5.41, 5.74) is -0.158. The van der Waals surface area contributed by atoms with Crippen LogP contribution >= 0.6 is 0 Å². The molecule has 0 bridgehead atoms. The molecule has 1 aliphatic rings. The van der Waals surface area contributed by atoms with Crippen molar-refractivity contribution in [2.24, 2.45) is 5.92 Å². The first-order valence-electron chi connectivity index (χ1n) is 9.66. The number of likely N-dealkylation sites (tertiary alicyclic amines) is 1. The lowest BCUT2D eigenvalue weighted by Crippen LogP contribution is -2.36. The number of nitrogens with one attached hydrogen (secondary N) is 1. The number of pyridine rings is 1. The Morgan fingerprint density at radius 1 is 1.39 bits per heavy atom. The van der Waals surface area contributed by atoms with Crippen LogP contribution in [-0.4, -0.2) is 64.4 Å². The molecule has 156 valence electrons.